The third-order valence-corrected chi connectivity index (χ3v) is 7.79. The number of nitrogens with zero attached hydrogens (tertiary/aromatic N) is 2. The van der Waals surface area contributed by atoms with Crippen molar-refractivity contribution in [3.63, 3.8) is 0 Å². The average molecular weight is 404 g/mol. The minimum atomic E-state index is -0.618. The Morgan fingerprint density at radius 1 is 0.900 bits per heavy atom. The van der Waals surface area contributed by atoms with Gasteiger partial charge in [0.15, 0.2) is 0 Å². The van der Waals surface area contributed by atoms with Gasteiger partial charge in [0.05, 0.1) is 34.2 Å². The van der Waals surface area contributed by atoms with Gasteiger partial charge in [0.1, 0.15) is 0 Å². The van der Waals surface area contributed by atoms with E-state index in [1.165, 1.54) is 29.7 Å². The average Bonchev–Trinajstić information content (AvgIpc) is 3.49. The van der Waals surface area contributed by atoms with Crippen LogP contribution in [0.5, 0.6) is 0 Å². The molecule has 2 saturated carbocycles. The Bertz CT molecular complexity index is 1070. The molecule has 0 N–H and O–H groups in total. The molecule has 2 fully saturated rings. The summed E-state index contributed by atoms with van der Waals surface area (Å²) < 4.78 is 6.29. The zero-order chi connectivity index (χ0) is 20.6. The monoisotopic (exact) mass is 404 g/mol. The first kappa shape index (κ1) is 17.8. The second-order valence-corrected chi connectivity index (χ2v) is 8.87. The molecule has 30 heavy (non-hydrogen) atoms. The largest absolute Gasteiger partial charge is 0.372 e. The highest BCUT2D eigenvalue weighted by atomic mass is 16.6. The van der Waals surface area contributed by atoms with Gasteiger partial charge < -0.3 is 4.74 Å². The maximum atomic E-state index is 11.4. The highest BCUT2D eigenvalue weighted by Crippen LogP contribution is 2.70. The smallest absolute Gasteiger partial charge is 0.281 e. The first-order valence-electron chi connectivity index (χ1n) is 10.3. The lowest BCUT2D eigenvalue weighted by Gasteiger charge is -2.33. The summed E-state index contributed by atoms with van der Waals surface area (Å²) in [5.74, 6) is 2.99. The molecule has 152 valence electrons. The summed E-state index contributed by atoms with van der Waals surface area (Å²) in [7, 11) is 0. The maximum Gasteiger partial charge on any atom is 0.281 e. The summed E-state index contributed by atoms with van der Waals surface area (Å²) in [6.07, 6.45) is 5.81. The number of hydrogen-bond donors (Lipinski definition) is 0. The lowest BCUT2D eigenvalue weighted by molar-refractivity contribution is -0.394. The van der Waals surface area contributed by atoms with E-state index in [1.54, 1.807) is 0 Å². The fourth-order valence-corrected chi connectivity index (χ4v) is 6.82. The molecule has 0 unspecified atom stereocenters. The number of fused-ring (bicyclic) bond motifs is 12. The molecular formula is C23H20N2O5. The van der Waals surface area contributed by atoms with Crippen molar-refractivity contribution < 1.29 is 14.6 Å². The fraction of sp³-hybridized carbons (Fsp3) is 0.391. The van der Waals surface area contributed by atoms with E-state index in [4.69, 9.17) is 4.74 Å². The topological polar surface area (TPSA) is 95.5 Å². The van der Waals surface area contributed by atoms with Crippen LogP contribution < -0.4 is 0 Å². The molecule has 0 saturated heterocycles. The third-order valence-electron chi connectivity index (χ3n) is 7.79. The van der Waals surface area contributed by atoms with E-state index in [2.05, 4.69) is 36.4 Å². The summed E-state index contributed by atoms with van der Waals surface area (Å²) in [6.45, 7) is 0.0926. The Kier molecular flexibility index (Phi) is 3.68. The molecule has 7 nitrogen and oxygen atoms in total. The van der Waals surface area contributed by atoms with Crippen LogP contribution in [0.4, 0.5) is 11.4 Å². The van der Waals surface area contributed by atoms with Gasteiger partial charge in [-0.25, -0.2) is 0 Å². The van der Waals surface area contributed by atoms with Gasteiger partial charge >= 0.3 is 0 Å². The van der Waals surface area contributed by atoms with Crippen molar-refractivity contribution in [2.45, 2.75) is 31.0 Å². The summed E-state index contributed by atoms with van der Waals surface area (Å²) in [5.41, 5.74) is 2.84. The predicted octanol–water partition coefficient (Wildman–Crippen LogP) is 4.72. The van der Waals surface area contributed by atoms with Crippen LogP contribution in [0.15, 0.2) is 54.6 Å². The number of hydrogen-bond acceptors (Lipinski definition) is 5. The first-order chi connectivity index (χ1) is 14.5. The van der Waals surface area contributed by atoms with Crippen LogP contribution in [0.1, 0.15) is 34.9 Å². The minimum absolute atomic E-state index is 0.0226. The normalized spacial score (nSPS) is 34.2. The molecule has 4 aliphatic carbocycles. The molecule has 0 spiro atoms. The molecule has 2 aromatic rings. The van der Waals surface area contributed by atoms with Crippen molar-refractivity contribution in [3.8, 4) is 0 Å². The maximum absolute atomic E-state index is 11.4. The summed E-state index contributed by atoms with van der Waals surface area (Å²) in [5, 5.41) is 22.4. The molecule has 0 heterocycles. The molecule has 0 amide bonds. The van der Waals surface area contributed by atoms with Crippen LogP contribution in [-0.4, -0.2) is 16.0 Å². The van der Waals surface area contributed by atoms with Gasteiger partial charge in [-0.3, -0.25) is 20.2 Å². The predicted molar refractivity (Wildman–Crippen MR) is 108 cm³/mol. The highest BCUT2D eigenvalue weighted by Gasteiger charge is 2.63. The van der Waals surface area contributed by atoms with Crippen LogP contribution in [0.3, 0.4) is 0 Å². The third kappa shape index (κ3) is 2.29. The molecule has 4 aliphatic rings. The van der Waals surface area contributed by atoms with Crippen molar-refractivity contribution in [3.05, 3.63) is 91.5 Å². The van der Waals surface area contributed by atoms with Gasteiger partial charge in [0.25, 0.3) is 11.4 Å². The second kappa shape index (κ2) is 6.22. The van der Waals surface area contributed by atoms with Gasteiger partial charge in [-0.05, 0) is 47.3 Å². The molecule has 0 radical (unpaired) electrons. The number of non-ortho nitro benzene ring substituents is 1. The van der Waals surface area contributed by atoms with Gasteiger partial charge in [-0.1, -0.05) is 36.4 Å². The number of ether oxygens (including phenoxy) is 1. The summed E-state index contributed by atoms with van der Waals surface area (Å²) in [4.78, 5) is 21.2. The SMILES string of the molecule is O=[N+]([O-])c1ccc(COC2[C@H]3C=C[C@H]2[C@@H]2[C@@H]3[C@H]3C[C@H]2c2ccccc23)c([N+](=O)[O-])c1. The Labute approximate surface area is 172 Å². The molecule has 0 aromatic heterocycles. The minimum Gasteiger partial charge on any atom is -0.372 e. The lowest BCUT2D eigenvalue weighted by atomic mass is 9.71. The molecule has 6 atom stereocenters. The van der Waals surface area contributed by atoms with Crippen molar-refractivity contribution in [2.75, 3.05) is 0 Å². The van der Waals surface area contributed by atoms with Crippen molar-refractivity contribution in [1.82, 2.24) is 0 Å². The highest BCUT2D eigenvalue weighted by molar-refractivity contribution is 5.49. The van der Waals surface area contributed by atoms with Gasteiger partial charge in [-0.2, -0.15) is 0 Å². The van der Waals surface area contributed by atoms with Crippen LogP contribution in [0.2, 0.25) is 0 Å². The van der Waals surface area contributed by atoms with E-state index in [0.29, 0.717) is 41.1 Å². The van der Waals surface area contributed by atoms with E-state index in [0.717, 1.165) is 6.07 Å². The number of nitro groups is 2. The molecule has 7 heteroatoms. The van der Waals surface area contributed by atoms with E-state index in [1.807, 2.05) is 0 Å². The lowest BCUT2D eigenvalue weighted by Crippen LogP contribution is -2.25. The standard InChI is InChI=1S/C23H20N2O5/c26-24(27)13-6-5-12(20(9-13)25(28)29)11-30-23-16-7-8-17(23)22-19-10-18(21(16)22)14-3-1-2-4-15(14)19/h1-9,16-19,21-23H,10-11H2/t16-,17-,18-,19-,21-,22-/m0/s1. The quantitative estimate of drug-likeness (QED) is 0.311. The van der Waals surface area contributed by atoms with Crippen molar-refractivity contribution in [1.29, 1.82) is 0 Å². The van der Waals surface area contributed by atoms with Crippen LogP contribution in [-0.2, 0) is 11.3 Å². The Balaban J connectivity index is 1.25. The number of nitro benzene ring substituents is 2. The Morgan fingerprint density at radius 3 is 2.10 bits per heavy atom. The Hall–Kier alpha value is -3.06. The van der Waals surface area contributed by atoms with Gasteiger partial charge in [0, 0.05) is 17.9 Å². The second-order valence-electron chi connectivity index (χ2n) is 8.87. The van der Waals surface area contributed by atoms with Gasteiger partial charge in [0.2, 0.25) is 0 Å². The van der Waals surface area contributed by atoms with Crippen molar-refractivity contribution in [2.24, 2.45) is 23.7 Å². The molecule has 0 aliphatic heterocycles. The molecule has 6 rings (SSSR count). The molecule has 4 bridgehead atoms. The van der Waals surface area contributed by atoms with Crippen LogP contribution >= 0.6 is 0 Å². The zero-order valence-electron chi connectivity index (χ0n) is 16.1. The molecular weight excluding hydrogens is 384 g/mol. The number of rotatable bonds is 5. The van der Waals surface area contributed by atoms with Crippen molar-refractivity contribution >= 4 is 11.4 Å². The van der Waals surface area contributed by atoms with E-state index in [9.17, 15) is 20.2 Å². The molecule has 2 aromatic carbocycles. The van der Waals surface area contributed by atoms with Crippen LogP contribution in [0.25, 0.3) is 0 Å². The zero-order valence-corrected chi connectivity index (χ0v) is 16.1. The van der Waals surface area contributed by atoms with Crippen LogP contribution in [0, 0.1) is 43.9 Å². The van der Waals surface area contributed by atoms with E-state index >= 15 is 0 Å². The summed E-state index contributed by atoms with van der Waals surface area (Å²) in [6, 6.07) is 12.5. The Morgan fingerprint density at radius 2 is 1.53 bits per heavy atom. The number of benzene rings is 2. The first-order valence-corrected chi connectivity index (χ1v) is 10.3. The van der Waals surface area contributed by atoms with E-state index < -0.39 is 9.85 Å². The van der Waals surface area contributed by atoms with Gasteiger partial charge in [-0.15, -0.1) is 0 Å². The fourth-order valence-electron chi connectivity index (χ4n) is 6.82. The summed E-state index contributed by atoms with van der Waals surface area (Å²) >= 11 is 0. The van der Waals surface area contributed by atoms with E-state index in [-0.39, 0.29) is 24.1 Å².